The summed E-state index contributed by atoms with van der Waals surface area (Å²) in [4.78, 5) is 14.2. The van der Waals surface area contributed by atoms with Gasteiger partial charge in [-0.2, -0.15) is 5.10 Å². The van der Waals surface area contributed by atoms with Gasteiger partial charge in [-0.1, -0.05) is 12.1 Å². The Hall–Kier alpha value is -2.54. The van der Waals surface area contributed by atoms with Crippen molar-refractivity contribution < 1.29 is 15.0 Å². The van der Waals surface area contributed by atoms with Crippen molar-refractivity contribution in [1.82, 2.24) is 20.0 Å². The highest BCUT2D eigenvalue weighted by atomic mass is 16.3. The van der Waals surface area contributed by atoms with Crippen molar-refractivity contribution >= 4 is 6.03 Å². The maximum absolute atomic E-state index is 12.4. The van der Waals surface area contributed by atoms with Crippen LogP contribution in [0, 0.1) is 5.92 Å². The van der Waals surface area contributed by atoms with Gasteiger partial charge in [0.15, 0.2) is 0 Å². The summed E-state index contributed by atoms with van der Waals surface area (Å²) in [5.41, 5.74) is 2.03. The molecule has 7 nitrogen and oxygen atoms in total. The Balaban J connectivity index is 1.54. The lowest BCUT2D eigenvalue weighted by Gasteiger charge is -2.17. The van der Waals surface area contributed by atoms with Gasteiger partial charge in [0.05, 0.1) is 6.20 Å². The van der Waals surface area contributed by atoms with Crippen molar-refractivity contribution in [2.75, 3.05) is 26.2 Å². The number of hydrogen-bond donors (Lipinski definition) is 3. The van der Waals surface area contributed by atoms with Crippen LogP contribution in [-0.4, -0.2) is 57.2 Å². The predicted octanol–water partition coefficient (Wildman–Crippen LogP) is 1.09. The molecule has 1 aromatic heterocycles. The second-order valence-electron chi connectivity index (χ2n) is 6.55. The van der Waals surface area contributed by atoms with Crippen LogP contribution in [-0.2, 0) is 13.5 Å². The van der Waals surface area contributed by atoms with E-state index in [1.165, 1.54) is 0 Å². The van der Waals surface area contributed by atoms with E-state index in [9.17, 15) is 15.0 Å². The molecule has 1 fully saturated rings. The number of phenolic OH excluding ortho intramolecular Hbond substituents is 1. The van der Waals surface area contributed by atoms with E-state index in [0.29, 0.717) is 26.1 Å². The van der Waals surface area contributed by atoms with E-state index in [-0.39, 0.29) is 30.2 Å². The zero-order valence-corrected chi connectivity index (χ0v) is 14.3. The number of aryl methyl sites for hydroxylation is 1. The number of nitrogens with one attached hydrogen (secondary N) is 1. The van der Waals surface area contributed by atoms with Gasteiger partial charge in [0.1, 0.15) is 5.75 Å². The van der Waals surface area contributed by atoms with E-state index in [1.54, 1.807) is 34.0 Å². The SMILES string of the molecule is Cn1cc([C@@H]2CN(C(=O)NCCc3cccc(O)c3)C[C@H]2CO)cn1. The lowest BCUT2D eigenvalue weighted by molar-refractivity contribution is 0.197. The molecule has 1 aliphatic heterocycles. The number of rotatable bonds is 5. The maximum Gasteiger partial charge on any atom is 0.317 e. The molecule has 3 N–H and O–H groups in total. The van der Waals surface area contributed by atoms with E-state index in [0.717, 1.165) is 11.1 Å². The summed E-state index contributed by atoms with van der Waals surface area (Å²) in [6.07, 6.45) is 4.40. The quantitative estimate of drug-likeness (QED) is 0.757. The number of aromatic nitrogens is 2. The normalized spacial score (nSPS) is 20.0. The lowest BCUT2D eigenvalue weighted by Crippen LogP contribution is -2.39. The first-order valence-electron chi connectivity index (χ1n) is 8.47. The minimum Gasteiger partial charge on any atom is -0.508 e. The van der Waals surface area contributed by atoms with Crippen molar-refractivity contribution in [2.24, 2.45) is 13.0 Å². The molecule has 0 spiro atoms. The van der Waals surface area contributed by atoms with Gasteiger partial charge in [0.2, 0.25) is 0 Å². The van der Waals surface area contributed by atoms with Crippen LogP contribution in [0.25, 0.3) is 0 Å². The van der Waals surface area contributed by atoms with Gasteiger partial charge in [-0.15, -0.1) is 0 Å². The summed E-state index contributed by atoms with van der Waals surface area (Å²) in [5.74, 6) is 0.366. The first-order chi connectivity index (χ1) is 12.1. The fraction of sp³-hybridized carbons (Fsp3) is 0.444. The average molecular weight is 344 g/mol. The van der Waals surface area contributed by atoms with Crippen LogP contribution in [0.5, 0.6) is 5.75 Å². The molecule has 0 aliphatic carbocycles. The molecule has 1 aromatic carbocycles. The third-order valence-electron chi connectivity index (χ3n) is 4.72. The van der Waals surface area contributed by atoms with Crippen LogP contribution in [0.3, 0.4) is 0 Å². The molecular weight excluding hydrogens is 320 g/mol. The number of carbonyl (C=O) groups excluding carboxylic acids is 1. The van der Waals surface area contributed by atoms with Gasteiger partial charge in [-0.25, -0.2) is 4.79 Å². The van der Waals surface area contributed by atoms with Gasteiger partial charge in [0.25, 0.3) is 0 Å². The molecule has 0 radical (unpaired) electrons. The standard InChI is InChI=1S/C18H24N4O3/c1-21-9-14(8-20-21)17-11-22(10-15(17)12-23)18(25)19-6-5-13-3-2-4-16(24)7-13/h2-4,7-9,15,17,23-24H,5-6,10-12H2,1H3,(H,19,25)/t15-,17-/m0/s1. The minimum absolute atomic E-state index is 0.0287. The molecule has 2 amide bonds. The number of amides is 2. The smallest absolute Gasteiger partial charge is 0.317 e. The number of hydrogen-bond acceptors (Lipinski definition) is 4. The molecule has 2 atom stereocenters. The second kappa shape index (κ2) is 7.57. The molecule has 1 aliphatic rings. The number of nitrogens with zero attached hydrogens (tertiary/aromatic N) is 3. The predicted molar refractivity (Wildman–Crippen MR) is 93.3 cm³/mol. The number of phenols is 1. The molecule has 25 heavy (non-hydrogen) atoms. The van der Waals surface area contributed by atoms with Crippen LogP contribution in [0.15, 0.2) is 36.7 Å². The summed E-state index contributed by atoms with van der Waals surface area (Å²) in [5, 5.41) is 26.2. The first-order valence-corrected chi connectivity index (χ1v) is 8.47. The molecule has 0 saturated carbocycles. The fourth-order valence-corrected chi connectivity index (χ4v) is 3.37. The molecule has 0 bridgehead atoms. The molecule has 2 aromatic rings. The average Bonchev–Trinajstić information content (AvgIpc) is 3.20. The van der Waals surface area contributed by atoms with Gasteiger partial charge < -0.3 is 20.4 Å². The highest BCUT2D eigenvalue weighted by molar-refractivity contribution is 5.74. The van der Waals surface area contributed by atoms with E-state index in [2.05, 4.69) is 10.4 Å². The molecule has 7 heteroatoms. The van der Waals surface area contributed by atoms with Crippen molar-refractivity contribution in [3.63, 3.8) is 0 Å². The highest BCUT2D eigenvalue weighted by Crippen LogP contribution is 2.32. The van der Waals surface area contributed by atoms with Gasteiger partial charge >= 0.3 is 6.03 Å². The summed E-state index contributed by atoms with van der Waals surface area (Å²) in [6.45, 7) is 1.66. The maximum atomic E-state index is 12.4. The molecule has 0 unspecified atom stereocenters. The summed E-state index contributed by atoms with van der Waals surface area (Å²) in [6, 6.07) is 6.91. The lowest BCUT2D eigenvalue weighted by atomic mass is 9.92. The summed E-state index contributed by atoms with van der Waals surface area (Å²) >= 11 is 0. The number of likely N-dealkylation sites (tertiary alicyclic amines) is 1. The van der Waals surface area contributed by atoms with E-state index in [1.807, 2.05) is 19.3 Å². The Bertz CT molecular complexity index is 731. The van der Waals surface area contributed by atoms with Crippen LogP contribution in [0.4, 0.5) is 4.79 Å². The topological polar surface area (TPSA) is 90.6 Å². The van der Waals surface area contributed by atoms with Gasteiger partial charge in [0, 0.05) is 51.3 Å². The number of carbonyl (C=O) groups is 1. The Morgan fingerprint density at radius 2 is 2.24 bits per heavy atom. The number of aliphatic hydroxyl groups is 1. The number of aliphatic hydroxyl groups excluding tert-OH is 1. The number of benzene rings is 1. The van der Waals surface area contributed by atoms with E-state index >= 15 is 0 Å². The zero-order valence-electron chi connectivity index (χ0n) is 14.3. The van der Waals surface area contributed by atoms with Gasteiger partial charge in [-0.05, 0) is 29.7 Å². The monoisotopic (exact) mass is 344 g/mol. The Kier molecular flexibility index (Phi) is 5.23. The third-order valence-corrected chi connectivity index (χ3v) is 4.72. The van der Waals surface area contributed by atoms with E-state index in [4.69, 9.17) is 0 Å². The Labute approximate surface area is 146 Å². The summed E-state index contributed by atoms with van der Waals surface area (Å²) < 4.78 is 1.74. The van der Waals surface area contributed by atoms with E-state index < -0.39 is 0 Å². The Morgan fingerprint density at radius 3 is 2.92 bits per heavy atom. The summed E-state index contributed by atoms with van der Waals surface area (Å²) in [7, 11) is 1.86. The largest absolute Gasteiger partial charge is 0.508 e. The van der Waals surface area contributed by atoms with Crippen LogP contribution >= 0.6 is 0 Å². The fourth-order valence-electron chi connectivity index (χ4n) is 3.37. The van der Waals surface area contributed by atoms with Crippen LogP contribution < -0.4 is 5.32 Å². The number of aromatic hydroxyl groups is 1. The first kappa shape index (κ1) is 17.3. The molecule has 134 valence electrons. The van der Waals surface area contributed by atoms with Crippen molar-refractivity contribution in [1.29, 1.82) is 0 Å². The van der Waals surface area contributed by atoms with Gasteiger partial charge in [-0.3, -0.25) is 4.68 Å². The van der Waals surface area contributed by atoms with Crippen LogP contribution in [0.2, 0.25) is 0 Å². The van der Waals surface area contributed by atoms with Crippen molar-refractivity contribution in [3.05, 3.63) is 47.8 Å². The van der Waals surface area contributed by atoms with Crippen LogP contribution in [0.1, 0.15) is 17.0 Å². The minimum atomic E-state index is -0.120. The third kappa shape index (κ3) is 4.11. The zero-order chi connectivity index (χ0) is 17.8. The Morgan fingerprint density at radius 1 is 1.40 bits per heavy atom. The molecule has 3 rings (SSSR count). The second-order valence-corrected chi connectivity index (χ2v) is 6.55. The van der Waals surface area contributed by atoms with Crippen molar-refractivity contribution in [2.45, 2.75) is 12.3 Å². The number of urea groups is 1. The molecular formula is C18H24N4O3. The molecule has 2 heterocycles. The highest BCUT2D eigenvalue weighted by Gasteiger charge is 2.36. The van der Waals surface area contributed by atoms with Crippen molar-refractivity contribution in [3.8, 4) is 5.75 Å². The molecule has 1 saturated heterocycles.